The van der Waals surface area contributed by atoms with Gasteiger partial charge in [-0.3, -0.25) is 9.59 Å². The maximum absolute atomic E-state index is 12.1. The van der Waals surface area contributed by atoms with Crippen LogP contribution in [0.2, 0.25) is 0 Å². The fraction of sp³-hybridized carbons (Fsp3) is 0.350. The molecule has 0 aliphatic heterocycles. The van der Waals surface area contributed by atoms with Crippen molar-refractivity contribution < 1.29 is 28.6 Å². The lowest BCUT2D eigenvalue weighted by Crippen LogP contribution is -2.12. The number of nitrogens with two attached hydrogens (primary N) is 1. The minimum atomic E-state index is -0.608. The third-order valence-electron chi connectivity index (χ3n) is 3.77. The number of ether oxygens (including phenoxy) is 3. The Balaban J connectivity index is 1.95. The smallest absolute Gasteiger partial charge is 0.343 e. The number of Topliss-reactive ketones (excluding diaryl/α,β-unsaturated/α-hetero) is 1. The molecular weight excluding hydrogens is 410 g/mol. The van der Waals surface area contributed by atoms with Crippen molar-refractivity contribution in [1.82, 2.24) is 9.97 Å². The summed E-state index contributed by atoms with van der Waals surface area (Å²) in [4.78, 5) is 43.4. The van der Waals surface area contributed by atoms with Crippen molar-refractivity contribution in [1.29, 1.82) is 0 Å². The number of benzene rings is 1. The van der Waals surface area contributed by atoms with Gasteiger partial charge in [-0.1, -0.05) is 11.8 Å². The molecule has 0 atom stereocenters. The maximum atomic E-state index is 12.1. The Hall–Kier alpha value is -3.14. The van der Waals surface area contributed by atoms with Crippen molar-refractivity contribution in [3.05, 3.63) is 41.1 Å². The summed E-state index contributed by atoms with van der Waals surface area (Å²) in [6.45, 7) is 5.59. The average molecular weight is 433 g/mol. The predicted octanol–water partition coefficient (Wildman–Crippen LogP) is 2.67. The molecule has 0 bridgehead atoms. The highest BCUT2D eigenvalue weighted by molar-refractivity contribution is 7.99. The molecule has 0 amide bonds. The molecule has 30 heavy (non-hydrogen) atoms. The van der Waals surface area contributed by atoms with Gasteiger partial charge in [0.05, 0.1) is 19.0 Å². The highest BCUT2D eigenvalue weighted by Gasteiger charge is 2.15. The zero-order valence-corrected chi connectivity index (χ0v) is 17.8. The molecule has 2 aromatic rings. The molecule has 0 saturated heterocycles. The lowest BCUT2D eigenvalue weighted by Gasteiger charge is -2.12. The molecule has 0 aliphatic carbocycles. The predicted molar refractivity (Wildman–Crippen MR) is 111 cm³/mol. The van der Waals surface area contributed by atoms with Crippen LogP contribution in [0.3, 0.4) is 0 Å². The molecule has 1 aromatic heterocycles. The maximum Gasteiger partial charge on any atom is 0.343 e. The summed E-state index contributed by atoms with van der Waals surface area (Å²) in [5.74, 6) is -0.747. The van der Waals surface area contributed by atoms with E-state index in [1.807, 2.05) is 6.92 Å². The minimum Gasteiger partial charge on any atom is -0.493 e. The first-order valence-electron chi connectivity index (χ1n) is 9.20. The molecular formula is C20H23N3O6S. The van der Waals surface area contributed by atoms with Crippen LogP contribution in [0.5, 0.6) is 5.75 Å². The number of anilines is 1. The van der Waals surface area contributed by atoms with Crippen LogP contribution < -0.4 is 10.5 Å². The fourth-order valence-corrected chi connectivity index (χ4v) is 2.97. The number of nitrogen functional groups attached to an aromatic ring is 1. The zero-order chi connectivity index (χ0) is 22.1. The fourth-order valence-electron chi connectivity index (χ4n) is 2.34. The van der Waals surface area contributed by atoms with E-state index in [2.05, 4.69) is 9.97 Å². The Labute approximate surface area is 178 Å². The molecule has 0 unspecified atom stereocenters. The normalized spacial score (nSPS) is 10.4. The van der Waals surface area contributed by atoms with E-state index >= 15 is 0 Å². The number of carbonyl (C=O) groups is 3. The van der Waals surface area contributed by atoms with Crippen molar-refractivity contribution in [2.24, 2.45) is 0 Å². The lowest BCUT2D eigenvalue weighted by molar-refractivity contribution is -0.141. The summed E-state index contributed by atoms with van der Waals surface area (Å²) >= 11 is 1.02. The van der Waals surface area contributed by atoms with Crippen molar-refractivity contribution in [2.45, 2.75) is 32.5 Å². The number of rotatable bonds is 10. The van der Waals surface area contributed by atoms with E-state index in [0.29, 0.717) is 23.5 Å². The van der Waals surface area contributed by atoms with Crippen LogP contribution >= 0.6 is 11.8 Å². The first-order chi connectivity index (χ1) is 14.3. The summed E-state index contributed by atoms with van der Waals surface area (Å²) in [6, 6.07) is 4.99. The first-order valence-corrected chi connectivity index (χ1v) is 10.2. The van der Waals surface area contributed by atoms with Gasteiger partial charge in [-0.25, -0.2) is 14.8 Å². The van der Waals surface area contributed by atoms with E-state index in [9.17, 15) is 14.4 Å². The molecule has 0 aliphatic rings. The number of carbonyl (C=O) groups excluding carboxylic acids is 3. The molecule has 0 saturated carbocycles. The summed E-state index contributed by atoms with van der Waals surface area (Å²) in [7, 11) is 0. The van der Waals surface area contributed by atoms with E-state index < -0.39 is 11.9 Å². The van der Waals surface area contributed by atoms with Crippen LogP contribution in [-0.2, 0) is 20.9 Å². The molecule has 10 heteroatoms. The van der Waals surface area contributed by atoms with Crippen LogP contribution in [0.25, 0.3) is 0 Å². The third kappa shape index (κ3) is 6.45. The number of ketones is 1. The van der Waals surface area contributed by atoms with E-state index in [4.69, 9.17) is 19.9 Å². The molecule has 0 spiro atoms. The van der Waals surface area contributed by atoms with Gasteiger partial charge in [0, 0.05) is 17.3 Å². The molecule has 2 N–H and O–H groups in total. The molecule has 0 radical (unpaired) electrons. The van der Waals surface area contributed by atoms with Crippen molar-refractivity contribution in [3.63, 3.8) is 0 Å². The van der Waals surface area contributed by atoms with Crippen LogP contribution in [0.15, 0.2) is 29.6 Å². The van der Waals surface area contributed by atoms with Gasteiger partial charge in [-0.05, 0) is 39.0 Å². The van der Waals surface area contributed by atoms with Gasteiger partial charge in [0.25, 0.3) is 0 Å². The molecule has 0 fully saturated rings. The molecule has 2 rings (SSSR count). The number of hydrogen-bond donors (Lipinski definition) is 1. The quantitative estimate of drug-likeness (QED) is 0.258. The van der Waals surface area contributed by atoms with Gasteiger partial charge in [-0.15, -0.1) is 0 Å². The van der Waals surface area contributed by atoms with Crippen molar-refractivity contribution >= 4 is 35.3 Å². The van der Waals surface area contributed by atoms with Gasteiger partial charge < -0.3 is 19.9 Å². The standard InChI is InChI=1S/C20H23N3O6S/c1-4-27-16-7-6-13(12(3)24)8-14(16)10-29-17(25)11-30-20-22-9-15(18(21)23-20)19(26)28-5-2/h6-9H,4-5,10-11H2,1-3H3,(H2,21,22,23). The van der Waals surface area contributed by atoms with Crippen molar-refractivity contribution in [2.75, 3.05) is 24.7 Å². The molecule has 9 nitrogen and oxygen atoms in total. The Morgan fingerprint density at radius 1 is 1.13 bits per heavy atom. The van der Waals surface area contributed by atoms with Gasteiger partial charge in [0.2, 0.25) is 0 Å². The average Bonchev–Trinajstić information content (AvgIpc) is 2.71. The second kappa shape index (κ2) is 11.1. The van der Waals surface area contributed by atoms with E-state index in [0.717, 1.165) is 11.8 Å². The van der Waals surface area contributed by atoms with E-state index in [-0.39, 0.29) is 41.3 Å². The van der Waals surface area contributed by atoms with Gasteiger partial charge in [0.15, 0.2) is 10.9 Å². The largest absolute Gasteiger partial charge is 0.493 e. The highest BCUT2D eigenvalue weighted by Crippen LogP contribution is 2.22. The Kier molecular flexibility index (Phi) is 8.60. The number of thioether (sulfide) groups is 1. The molecule has 1 aromatic carbocycles. The van der Waals surface area contributed by atoms with Crippen LogP contribution in [0, 0.1) is 0 Å². The van der Waals surface area contributed by atoms with E-state index in [1.54, 1.807) is 25.1 Å². The Bertz CT molecular complexity index is 935. The third-order valence-corrected chi connectivity index (χ3v) is 4.60. The second-order valence-electron chi connectivity index (χ2n) is 5.93. The topological polar surface area (TPSA) is 131 Å². The van der Waals surface area contributed by atoms with Crippen LogP contribution in [0.1, 0.15) is 47.1 Å². The van der Waals surface area contributed by atoms with Crippen LogP contribution in [0.4, 0.5) is 5.82 Å². The van der Waals surface area contributed by atoms with Gasteiger partial charge in [0.1, 0.15) is 23.7 Å². The second-order valence-corrected chi connectivity index (χ2v) is 6.88. The highest BCUT2D eigenvalue weighted by atomic mass is 32.2. The summed E-state index contributed by atoms with van der Waals surface area (Å²) < 4.78 is 15.7. The monoisotopic (exact) mass is 433 g/mol. The number of aromatic nitrogens is 2. The van der Waals surface area contributed by atoms with E-state index in [1.165, 1.54) is 13.1 Å². The molecule has 160 valence electrons. The zero-order valence-electron chi connectivity index (χ0n) is 17.0. The lowest BCUT2D eigenvalue weighted by atomic mass is 10.1. The van der Waals surface area contributed by atoms with Gasteiger partial charge >= 0.3 is 11.9 Å². The number of hydrogen-bond acceptors (Lipinski definition) is 10. The minimum absolute atomic E-state index is 0.0262. The summed E-state index contributed by atoms with van der Waals surface area (Å²) in [5.41, 5.74) is 6.92. The summed E-state index contributed by atoms with van der Waals surface area (Å²) in [5, 5.41) is 0.228. The van der Waals surface area contributed by atoms with Crippen molar-refractivity contribution in [3.8, 4) is 5.75 Å². The Morgan fingerprint density at radius 3 is 2.53 bits per heavy atom. The number of esters is 2. The molecule has 1 heterocycles. The van der Waals surface area contributed by atoms with Crippen LogP contribution in [-0.4, -0.2) is 46.7 Å². The number of nitrogens with zero attached hydrogens (tertiary/aromatic N) is 2. The Morgan fingerprint density at radius 2 is 1.90 bits per heavy atom. The summed E-state index contributed by atoms with van der Waals surface area (Å²) in [6.07, 6.45) is 1.26. The SMILES string of the molecule is CCOC(=O)c1cnc(SCC(=O)OCc2cc(C(C)=O)ccc2OCC)nc1N. The van der Waals surface area contributed by atoms with Gasteiger partial charge in [-0.2, -0.15) is 0 Å². The first kappa shape index (κ1) is 23.1.